The van der Waals surface area contributed by atoms with Crippen LogP contribution in [0.5, 0.6) is 11.5 Å². The summed E-state index contributed by atoms with van der Waals surface area (Å²) in [5, 5.41) is 1.89. The highest BCUT2D eigenvalue weighted by atomic mass is 32.2. The second kappa shape index (κ2) is 8.14. The van der Waals surface area contributed by atoms with Gasteiger partial charge in [-0.2, -0.15) is 0 Å². The summed E-state index contributed by atoms with van der Waals surface area (Å²) in [5.41, 5.74) is 0.865. The number of nitrogens with zero attached hydrogens (tertiary/aromatic N) is 1. The summed E-state index contributed by atoms with van der Waals surface area (Å²) >= 11 is 2.74. The zero-order chi connectivity index (χ0) is 20.4. The Hall–Kier alpha value is -3.03. The maximum Gasteiger partial charge on any atom is 0.272 e. The highest BCUT2D eigenvalue weighted by Gasteiger charge is 2.41. The van der Waals surface area contributed by atoms with E-state index in [2.05, 4.69) is 0 Å². The molecule has 0 atom stereocenters. The summed E-state index contributed by atoms with van der Waals surface area (Å²) in [6.07, 6.45) is 0. The Kier molecular flexibility index (Phi) is 5.42. The van der Waals surface area contributed by atoms with Crippen molar-refractivity contribution in [3.05, 3.63) is 75.8 Å². The third-order valence-electron chi connectivity index (χ3n) is 4.40. The van der Waals surface area contributed by atoms with Gasteiger partial charge in [0, 0.05) is 15.8 Å². The lowest BCUT2D eigenvalue weighted by atomic mass is 10.2. The van der Waals surface area contributed by atoms with Crippen molar-refractivity contribution in [1.82, 2.24) is 0 Å². The van der Waals surface area contributed by atoms with E-state index in [4.69, 9.17) is 9.47 Å². The Morgan fingerprint density at radius 2 is 1.62 bits per heavy atom. The van der Waals surface area contributed by atoms with E-state index in [9.17, 15) is 9.59 Å². The van der Waals surface area contributed by atoms with Gasteiger partial charge in [0.05, 0.1) is 30.4 Å². The van der Waals surface area contributed by atoms with Gasteiger partial charge < -0.3 is 9.47 Å². The number of amides is 2. The van der Waals surface area contributed by atoms with Crippen LogP contribution in [-0.4, -0.2) is 26.0 Å². The van der Waals surface area contributed by atoms with Gasteiger partial charge in [0.15, 0.2) is 11.5 Å². The van der Waals surface area contributed by atoms with Crippen LogP contribution in [0.15, 0.2) is 75.8 Å². The molecule has 2 aromatic carbocycles. The monoisotopic (exact) mass is 423 g/mol. The van der Waals surface area contributed by atoms with Gasteiger partial charge in [0.25, 0.3) is 11.8 Å². The molecule has 0 unspecified atom stereocenters. The molecular formula is C22H17NO4S2. The van der Waals surface area contributed by atoms with E-state index in [1.54, 1.807) is 18.2 Å². The second-order valence-electron chi connectivity index (χ2n) is 6.08. The summed E-state index contributed by atoms with van der Waals surface area (Å²) in [4.78, 5) is 30.0. The van der Waals surface area contributed by atoms with Crippen molar-refractivity contribution in [2.45, 2.75) is 4.90 Å². The van der Waals surface area contributed by atoms with Crippen LogP contribution in [0.4, 0.5) is 5.69 Å². The van der Waals surface area contributed by atoms with Crippen LogP contribution in [0.2, 0.25) is 0 Å². The zero-order valence-corrected chi connectivity index (χ0v) is 17.4. The number of carbonyl (C=O) groups is 2. The van der Waals surface area contributed by atoms with Crippen molar-refractivity contribution < 1.29 is 19.1 Å². The van der Waals surface area contributed by atoms with Crippen LogP contribution in [0.1, 0.15) is 4.88 Å². The Balaban J connectivity index is 1.78. The Labute approximate surface area is 176 Å². The zero-order valence-electron chi connectivity index (χ0n) is 15.7. The van der Waals surface area contributed by atoms with Crippen LogP contribution >= 0.6 is 23.1 Å². The molecule has 1 aliphatic heterocycles. The van der Waals surface area contributed by atoms with E-state index in [1.807, 2.05) is 47.8 Å². The van der Waals surface area contributed by atoms with Crippen molar-refractivity contribution in [1.29, 1.82) is 0 Å². The Bertz CT molecular complexity index is 1090. The fourth-order valence-electron chi connectivity index (χ4n) is 3.05. The summed E-state index contributed by atoms with van der Waals surface area (Å²) in [6.45, 7) is 0. The molecule has 0 aliphatic carbocycles. The van der Waals surface area contributed by atoms with Crippen molar-refractivity contribution in [3.8, 4) is 11.5 Å². The number of methoxy groups -OCH3 is 2. The Morgan fingerprint density at radius 3 is 2.28 bits per heavy atom. The lowest BCUT2D eigenvalue weighted by Crippen LogP contribution is -2.31. The van der Waals surface area contributed by atoms with E-state index >= 15 is 0 Å². The topological polar surface area (TPSA) is 55.8 Å². The Morgan fingerprint density at radius 1 is 0.862 bits per heavy atom. The van der Waals surface area contributed by atoms with E-state index in [-0.39, 0.29) is 11.8 Å². The molecule has 0 saturated carbocycles. The molecule has 5 nitrogen and oxygen atoms in total. The number of hydrogen-bond acceptors (Lipinski definition) is 6. The molecule has 2 heterocycles. The van der Waals surface area contributed by atoms with Gasteiger partial charge in [-0.1, -0.05) is 36.0 Å². The van der Waals surface area contributed by atoms with Gasteiger partial charge in [-0.25, -0.2) is 4.90 Å². The number of carbonyl (C=O) groups excluding carboxylic acids is 2. The SMILES string of the molecule is COc1ccc(N2C(=O)C(Sc3ccccc3)=C(c3cccs3)C2=O)cc1OC. The van der Waals surface area contributed by atoms with Gasteiger partial charge in [0.2, 0.25) is 0 Å². The molecule has 1 aliphatic rings. The van der Waals surface area contributed by atoms with Crippen molar-refractivity contribution in [2.75, 3.05) is 19.1 Å². The van der Waals surface area contributed by atoms with Gasteiger partial charge in [-0.3, -0.25) is 9.59 Å². The first-order valence-electron chi connectivity index (χ1n) is 8.76. The molecule has 0 spiro atoms. The van der Waals surface area contributed by atoms with Crippen LogP contribution in [0, 0.1) is 0 Å². The van der Waals surface area contributed by atoms with Crippen LogP contribution in [-0.2, 0) is 9.59 Å². The number of hydrogen-bond donors (Lipinski definition) is 0. The average molecular weight is 424 g/mol. The molecule has 0 N–H and O–H groups in total. The van der Waals surface area contributed by atoms with Crippen LogP contribution in [0.3, 0.4) is 0 Å². The fraction of sp³-hybridized carbons (Fsp3) is 0.0909. The maximum absolute atomic E-state index is 13.3. The fourth-order valence-corrected chi connectivity index (χ4v) is 4.89. The number of thioether (sulfide) groups is 1. The van der Waals surface area contributed by atoms with E-state index in [0.717, 1.165) is 9.77 Å². The number of thiophene rings is 1. The van der Waals surface area contributed by atoms with Gasteiger partial charge in [-0.15, -0.1) is 11.3 Å². The largest absolute Gasteiger partial charge is 0.493 e. The number of imide groups is 1. The summed E-state index contributed by atoms with van der Waals surface area (Å²) in [6, 6.07) is 18.3. The maximum atomic E-state index is 13.3. The highest BCUT2D eigenvalue weighted by Crippen LogP contribution is 2.43. The average Bonchev–Trinajstić information content (AvgIpc) is 3.35. The molecule has 2 amide bonds. The molecule has 0 radical (unpaired) electrons. The molecule has 0 saturated heterocycles. The number of benzene rings is 2. The summed E-state index contributed by atoms with van der Waals surface area (Å²) < 4.78 is 10.6. The summed E-state index contributed by atoms with van der Waals surface area (Å²) in [7, 11) is 3.05. The van der Waals surface area contributed by atoms with Crippen molar-refractivity contribution in [2.24, 2.45) is 0 Å². The van der Waals surface area contributed by atoms with E-state index in [1.165, 1.54) is 42.2 Å². The lowest BCUT2D eigenvalue weighted by Gasteiger charge is -2.17. The quantitative estimate of drug-likeness (QED) is 0.531. The summed E-state index contributed by atoms with van der Waals surface area (Å²) in [5.74, 6) is 0.288. The molecule has 146 valence electrons. The van der Waals surface area contributed by atoms with E-state index < -0.39 is 0 Å². The van der Waals surface area contributed by atoms with Crippen molar-refractivity contribution >= 4 is 46.2 Å². The van der Waals surface area contributed by atoms with Gasteiger partial charge in [-0.05, 0) is 35.7 Å². The molecule has 3 aromatic rings. The van der Waals surface area contributed by atoms with Gasteiger partial charge in [0.1, 0.15) is 0 Å². The third-order valence-corrected chi connectivity index (χ3v) is 6.38. The smallest absolute Gasteiger partial charge is 0.272 e. The molecule has 7 heteroatoms. The first-order chi connectivity index (χ1) is 14.1. The molecule has 0 bridgehead atoms. The molecule has 29 heavy (non-hydrogen) atoms. The minimum absolute atomic E-state index is 0.344. The van der Waals surface area contributed by atoms with Crippen molar-refractivity contribution in [3.63, 3.8) is 0 Å². The highest BCUT2D eigenvalue weighted by molar-refractivity contribution is 8.04. The normalized spacial score (nSPS) is 13.9. The predicted octanol–water partition coefficient (Wildman–Crippen LogP) is 4.84. The van der Waals surface area contributed by atoms with Gasteiger partial charge >= 0.3 is 0 Å². The first-order valence-corrected chi connectivity index (χ1v) is 10.5. The second-order valence-corrected chi connectivity index (χ2v) is 8.11. The van der Waals surface area contributed by atoms with E-state index in [0.29, 0.717) is 27.7 Å². The third kappa shape index (κ3) is 3.54. The number of anilines is 1. The lowest BCUT2D eigenvalue weighted by molar-refractivity contribution is -0.119. The number of ether oxygens (including phenoxy) is 2. The molecule has 1 aromatic heterocycles. The predicted molar refractivity (Wildman–Crippen MR) is 116 cm³/mol. The van der Waals surface area contributed by atoms with Crippen LogP contribution < -0.4 is 14.4 Å². The molecule has 0 fully saturated rings. The standard InChI is InChI=1S/C22H17NO4S2/c1-26-16-11-10-14(13-17(16)27-2)23-21(24)19(18-9-6-12-28-18)20(22(23)25)29-15-7-4-3-5-8-15/h3-13H,1-2H3. The first kappa shape index (κ1) is 19.3. The molecular weight excluding hydrogens is 406 g/mol. The van der Waals surface area contributed by atoms with Crippen LogP contribution in [0.25, 0.3) is 5.57 Å². The number of rotatable bonds is 6. The molecule has 4 rings (SSSR count). The minimum Gasteiger partial charge on any atom is -0.493 e. The minimum atomic E-state index is -0.348.